The number of methoxy groups -OCH3 is 1. The van der Waals surface area contributed by atoms with Gasteiger partial charge in [-0.1, -0.05) is 11.6 Å². The molecule has 0 bridgehead atoms. The summed E-state index contributed by atoms with van der Waals surface area (Å²) >= 11 is 5.94. The Morgan fingerprint density at radius 3 is 2.48 bits per heavy atom. The lowest BCUT2D eigenvalue weighted by Crippen LogP contribution is -2.22. The van der Waals surface area contributed by atoms with Gasteiger partial charge in [0.15, 0.2) is 0 Å². The summed E-state index contributed by atoms with van der Waals surface area (Å²) in [4.78, 5) is 24.4. The molecular formula is C21H21ClN2O3. The van der Waals surface area contributed by atoms with E-state index in [1.54, 1.807) is 35.9 Å². The van der Waals surface area contributed by atoms with Crippen LogP contribution in [0.1, 0.15) is 28.5 Å². The molecule has 0 aliphatic heterocycles. The van der Waals surface area contributed by atoms with Gasteiger partial charge in [0.2, 0.25) is 5.91 Å². The van der Waals surface area contributed by atoms with Crippen molar-refractivity contribution in [3.8, 4) is 5.75 Å². The van der Waals surface area contributed by atoms with E-state index >= 15 is 0 Å². The molecule has 27 heavy (non-hydrogen) atoms. The molecule has 1 heterocycles. The van der Waals surface area contributed by atoms with Gasteiger partial charge in [0, 0.05) is 35.1 Å². The molecule has 3 aromatic rings. The van der Waals surface area contributed by atoms with Crippen LogP contribution in [0, 0.1) is 6.92 Å². The molecule has 0 aliphatic rings. The zero-order valence-electron chi connectivity index (χ0n) is 15.5. The molecule has 2 aromatic carbocycles. The minimum absolute atomic E-state index is 0.0776. The quantitative estimate of drug-likeness (QED) is 0.723. The molecule has 0 saturated carbocycles. The van der Waals surface area contributed by atoms with Crippen molar-refractivity contribution in [3.63, 3.8) is 0 Å². The topological polar surface area (TPSA) is 60.3 Å². The van der Waals surface area contributed by atoms with Gasteiger partial charge < -0.3 is 10.1 Å². The third kappa shape index (κ3) is 3.83. The normalized spacial score (nSPS) is 10.8. The maximum Gasteiger partial charge on any atom is 0.262 e. The molecule has 0 unspecified atom stereocenters. The Labute approximate surface area is 162 Å². The standard InChI is InChI=1S/C21H21ClN2O3/c1-13-18(10-11-23-14(2)25)19-12-17(27-3)8-9-20(19)24(13)21(26)15-4-6-16(22)7-5-15/h4-9,12H,10-11H2,1-3H3,(H,23,25). The van der Waals surface area contributed by atoms with Gasteiger partial charge >= 0.3 is 0 Å². The van der Waals surface area contributed by atoms with Gasteiger partial charge in [-0.3, -0.25) is 14.2 Å². The summed E-state index contributed by atoms with van der Waals surface area (Å²) in [6, 6.07) is 12.5. The first kappa shape index (κ1) is 19.0. The molecule has 0 saturated heterocycles. The second-order valence-corrected chi connectivity index (χ2v) is 6.76. The van der Waals surface area contributed by atoms with E-state index in [1.165, 1.54) is 6.92 Å². The highest BCUT2D eigenvalue weighted by molar-refractivity contribution is 6.30. The fourth-order valence-corrected chi connectivity index (χ4v) is 3.38. The number of nitrogens with one attached hydrogen (secondary N) is 1. The van der Waals surface area contributed by atoms with Crippen LogP contribution in [0.25, 0.3) is 10.9 Å². The average Bonchev–Trinajstić information content (AvgIpc) is 2.92. The second kappa shape index (κ2) is 7.84. The minimum atomic E-state index is -0.120. The van der Waals surface area contributed by atoms with Crippen molar-refractivity contribution in [2.45, 2.75) is 20.3 Å². The number of hydrogen-bond acceptors (Lipinski definition) is 3. The van der Waals surface area contributed by atoms with Crippen LogP contribution in [-0.2, 0) is 11.2 Å². The summed E-state index contributed by atoms with van der Waals surface area (Å²) in [5.41, 5.74) is 3.23. The molecule has 0 radical (unpaired) electrons. The van der Waals surface area contributed by atoms with E-state index in [2.05, 4.69) is 5.32 Å². The lowest BCUT2D eigenvalue weighted by atomic mass is 10.1. The van der Waals surface area contributed by atoms with Crippen molar-refractivity contribution in [2.24, 2.45) is 0 Å². The van der Waals surface area contributed by atoms with Crippen molar-refractivity contribution >= 4 is 34.3 Å². The molecule has 3 rings (SSSR count). The van der Waals surface area contributed by atoms with E-state index in [1.807, 2.05) is 25.1 Å². The largest absolute Gasteiger partial charge is 0.497 e. The number of carbonyl (C=O) groups excluding carboxylic acids is 2. The van der Waals surface area contributed by atoms with Crippen molar-refractivity contribution in [1.29, 1.82) is 0 Å². The Balaban J connectivity index is 2.11. The van der Waals surface area contributed by atoms with Crippen LogP contribution in [0.15, 0.2) is 42.5 Å². The monoisotopic (exact) mass is 384 g/mol. The summed E-state index contributed by atoms with van der Waals surface area (Å²) in [6.45, 7) is 3.91. The first-order valence-corrected chi connectivity index (χ1v) is 9.02. The van der Waals surface area contributed by atoms with Crippen LogP contribution in [0.5, 0.6) is 5.75 Å². The molecular weight excluding hydrogens is 364 g/mol. The summed E-state index contributed by atoms with van der Waals surface area (Å²) in [7, 11) is 1.61. The SMILES string of the molecule is COc1ccc2c(c1)c(CCNC(C)=O)c(C)n2C(=O)c1ccc(Cl)cc1. The predicted molar refractivity (Wildman–Crippen MR) is 107 cm³/mol. The summed E-state index contributed by atoms with van der Waals surface area (Å²) < 4.78 is 7.06. The molecule has 1 N–H and O–H groups in total. The third-order valence-electron chi connectivity index (χ3n) is 4.59. The Morgan fingerprint density at radius 2 is 1.85 bits per heavy atom. The van der Waals surface area contributed by atoms with Crippen LogP contribution in [-0.4, -0.2) is 30.0 Å². The maximum absolute atomic E-state index is 13.2. The fourth-order valence-electron chi connectivity index (χ4n) is 3.25. The number of halogens is 1. The molecule has 0 aliphatic carbocycles. The number of ether oxygens (including phenoxy) is 1. The summed E-state index contributed by atoms with van der Waals surface area (Å²) in [6.07, 6.45) is 0.621. The number of amides is 1. The lowest BCUT2D eigenvalue weighted by molar-refractivity contribution is -0.118. The molecule has 6 heteroatoms. The van der Waals surface area contributed by atoms with E-state index in [0.29, 0.717) is 23.6 Å². The Morgan fingerprint density at radius 1 is 1.15 bits per heavy atom. The number of hydrogen-bond donors (Lipinski definition) is 1. The van der Waals surface area contributed by atoms with Crippen LogP contribution in [0.2, 0.25) is 5.02 Å². The summed E-state index contributed by atoms with van der Waals surface area (Å²) in [5, 5.41) is 4.34. The Bertz CT molecular complexity index is 1010. The van der Waals surface area contributed by atoms with E-state index < -0.39 is 0 Å². The molecule has 0 spiro atoms. The van der Waals surface area contributed by atoms with Crippen molar-refractivity contribution in [2.75, 3.05) is 13.7 Å². The van der Waals surface area contributed by atoms with Gasteiger partial charge in [-0.05, 0) is 61.4 Å². The van der Waals surface area contributed by atoms with E-state index in [9.17, 15) is 9.59 Å². The molecule has 140 valence electrons. The molecule has 5 nitrogen and oxygen atoms in total. The van der Waals surface area contributed by atoms with Gasteiger partial charge in [-0.25, -0.2) is 0 Å². The van der Waals surface area contributed by atoms with Crippen molar-refractivity contribution < 1.29 is 14.3 Å². The van der Waals surface area contributed by atoms with Crippen molar-refractivity contribution in [1.82, 2.24) is 9.88 Å². The van der Waals surface area contributed by atoms with Crippen LogP contribution >= 0.6 is 11.6 Å². The zero-order valence-corrected chi connectivity index (χ0v) is 16.3. The van der Waals surface area contributed by atoms with Gasteiger partial charge in [-0.2, -0.15) is 0 Å². The number of benzene rings is 2. The third-order valence-corrected chi connectivity index (χ3v) is 4.84. The first-order valence-electron chi connectivity index (χ1n) is 8.65. The van der Waals surface area contributed by atoms with Crippen molar-refractivity contribution in [3.05, 3.63) is 64.3 Å². The van der Waals surface area contributed by atoms with Crippen LogP contribution in [0.3, 0.4) is 0 Å². The minimum Gasteiger partial charge on any atom is -0.497 e. The number of carbonyl (C=O) groups is 2. The lowest BCUT2D eigenvalue weighted by Gasteiger charge is -2.08. The molecule has 1 aromatic heterocycles. The highest BCUT2D eigenvalue weighted by Crippen LogP contribution is 2.30. The fraction of sp³-hybridized carbons (Fsp3) is 0.238. The Kier molecular flexibility index (Phi) is 5.51. The Hall–Kier alpha value is -2.79. The number of nitrogens with zero attached hydrogens (tertiary/aromatic N) is 1. The van der Waals surface area contributed by atoms with Gasteiger partial charge in [0.1, 0.15) is 5.75 Å². The highest BCUT2D eigenvalue weighted by atomic mass is 35.5. The van der Waals surface area contributed by atoms with Gasteiger partial charge in [0.05, 0.1) is 12.6 Å². The number of aromatic nitrogens is 1. The van der Waals surface area contributed by atoms with E-state index in [-0.39, 0.29) is 11.8 Å². The average molecular weight is 385 g/mol. The second-order valence-electron chi connectivity index (χ2n) is 6.33. The van der Waals surface area contributed by atoms with Gasteiger partial charge in [-0.15, -0.1) is 0 Å². The smallest absolute Gasteiger partial charge is 0.262 e. The van der Waals surface area contributed by atoms with Crippen LogP contribution in [0.4, 0.5) is 0 Å². The summed E-state index contributed by atoms with van der Waals surface area (Å²) in [5.74, 6) is 0.524. The molecule has 0 atom stereocenters. The molecule has 1 amide bonds. The zero-order chi connectivity index (χ0) is 19.6. The molecule has 0 fully saturated rings. The van der Waals surface area contributed by atoms with Gasteiger partial charge in [0.25, 0.3) is 5.91 Å². The number of fused-ring (bicyclic) bond motifs is 1. The highest BCUT2D eigenvalue weighted by Gasteiger charge is 2.20. The first-order chi connectivity index (χ1) is 12.9. The number of rotatable bonds is 5. The maximum atomic E-state index is 13.2. The van der Waals surface area contributed by atoms with E-state index in [0.717, 1.165) is 27.9 Å². The predicted octanol–water partition coefficient (Wildman–Crippen LogP) is 3.98. The van der Waals surface area contributed by atoms with Crippen LogP contribution < -0.4 is 10.1 Å². The van der Waals surface area contributed by atoms with E-state index in [4.69, 9.17) is 16.3 Å².